The Bertz CT molecular complexity index is 691. The molecular weight excluding hydrogens is 381 g/mol. The number of halogens is 3. The number of nitrogens with one attached hydrogen (secondary N) is 1. The lowest BCUT2D eigenvalue weighted by molar-refractivity contribution is 0.102. The van der Waals surface area contributed by atoms with Gasteiger partial charge in [-0.15, -0.1) is 12.6 Å². The first-order valence-electron chi connectivity index (χ1n) is 5.64. The maximum atomic E-state index is 12.3. The van der Waals surface area contributed by atoms with Crippen molar-refractivity contribution in [2.24, 2.45) is 0 Å². The first kappa shape index (κ1) is 15.7. The summed E-state index contributed by atoms with van der Waals surface area (Å²) in [6.45, 7) is 1.85. The number of carbonyl (C=O) groups is 1. The maximum Gasteiger partial charge on any atom is 0.256 e. The molecule has 0 saturated carbocycles. The minimum absolute atomic E-state index is 0.304. The molecule has 2 rings (SSSR count). The van der Waals surface area contributed by atoms with Gasteiger partial charge in [-0.3, -0.25) is 4.79 Å². The van der Waals surface area contributed by atoms with Crippen LogP contribution in [0, 0.1) is 6.92 Å². The summed E-state index contributed by atoms with van der Waals surface area (Å²) < 4.78 is 0.674. The lowest BCUT2D eigenvalue weighted by Crippen LogP contribution is -2.13. The van der Waals surface area contributed by atoms with E-state index in [1.54, 1.807) is 30.3 Å². The molecule has 1 amide bonds. The first-order valence-corrected chi connectivity index (χ1v) is 7.64. The van der Waals surface area contributed by atoms with Crippen molar-refractivity contribution in [2.45, 2.75) is 11.8 Å². The van der Waals surface area contributed by atoms with Crippen molar-refractivity contribution in [2.75, 3.05) is 5.32 Å². The zero-order valence-corrected chi connectivity index (χ0v) is 14.4. The van der Waals surface area contributed by atoms with Crippen LogP contribution >= 0.6 is 51.8 Å². The van der Waals surface area contributed by atoms with Gasteiger partial charge < -0.3 is 5.32 Å². The molecule has 0 aliphatic rings. The Morgan fingerprint density at radius 3 is 2.65 bits per heavy atom. The summed E-state index contributed by atoms with van der Waals surface area (Å²) in [5.41, 5.74) is 1.72. The van der Waals surface area contributed by atoms with Crippen molar-refractivity contribution in [1.29, 1.82) is 0 Å². The number of carbonyl (C=O) groups excluding carboxylic acids is 1. The molecule has 0 bridgehead atoms. The van der Waals surface area contributed by atoms with Crippen LogP contribution in [0.25, 0.3) is 0 Å². The fourth-order valence-corrected chi connectivity index (χ4v) is 2.73. The highest BCUT2D eigenvalue weighted by Crippen LogP contribution is 2.33. The molecule has 0 aromatic heterocycles. The average molecular weight is 391 g/mol. The van der Waals surface area contributed by atoms with E-state index in [4.69, 9.17) is 23.2 Å². The highest BCUT2D eigenvalue weighted by Gasteiger charge is 2.15. The van der Waals surface area contributed by atoms with E-state index in [9.17, 15) is 4.79 Å². The smallest absolute Gasteiger partial charge is 0.256 e. The Morgan fingerprint density at radius 2 is 1.95 bits per heavy atom. The summed E-state index contributed by atoms with van der Waals surface area (Å²) in [5.74, 6) is -0.304. The van der Waals surface area contributed by atoms with E-state index in [1.165, 1.54) is 0 Å². The van der Waals surface area contributed by atoms with Crippen LogP contribution in [0.15, 0.2) is 39.7 Å². The molecule has 20 heavy (non-hydrogen) atoms. The molecule has 0 aliphatic carbocycles. The topological polar surface area (TPSA) is 29.1 Å². The van der Waals surface area contributed by atoms with E-state index in [0.29, 0.717) is 30.7 Å². The fraction of sp³-hybridized carbons (Fsp3) is 0.0714. The highest BCUT2D eigenvalue weighted by atomic mass is 79.9. The summed E-state index contributed by atoms with van der Waals surface area (Å²) in [4.78, 5) is 13.0. The largest absolute Gasteiger partial charge is 0.319 e. The van der Waals surface area contributed by atoms with Gasteiger partial charge in [-0.1, -0.05) is 29.3 Å². The van der Waals surface area contributed by atoms with Crippen molar-refractivity contribution in [3.05, 3.63) is 56.0 Å². The molecule has 104 valence electrons. The van der Waals surface area contributed by atoms with Gasteiger partial charge in [0, 0.05) is 9.37 Å². The molecular formula is C14H10BrCl2NOS. The zero-order chi connectivity index (χ0) is 14.9. The molecule has 0 atom stereocenters. The van der Waals surface area contributed by atoms with E-state index in [2.05, 4.69) is 33.9 Å². The van der Waals surface area contributed by atoms with E-state index in [0.717, 1.165) is 5.56 Å². The molecule has 0 aliphatic heterocycles. The van der Waals surface area contributed by atoms with Crippen LogP contribution in [0.1, 0.15) is 15.9 Å². The van der Waals surface area contributed by atoms with Gasteiger partial charge in [0.05, 0.1) is 21.3 Å². The second-order valence-electron chi connectivity index (χ2n) is 4.17. The minimum atomic E-state index is -0.304. The molecule has 6 heteroatoms. The number of hydrogen-bond acceptors (Lipinski definition) is 2. The van der Waals surface area contributed by atoms with E-state index < -0.39 is 0 Å². The molecule has 2 aromatic carbocycles. The van der Waals surface area contributed by atoms with E-state index >= 15 is 0 Å². The van der Waals surface area contributed by atoms with Crippen molar-refractivity contribution in [3.8, 4) is 0 Å². The van der Waals surface area contributed by atoms with Crippen LogP contribution in [0.3, 0.4) is 0 Å². The van der Waals surface area contributed by atoms with Gasteiger partial charge in [-0.2, -0.15) is 0 Å². The number of anilines is 1. The van der Waals surface area contributed by atoms with Crippen molar-refractivity contribution in [1.82, 2.24) is 0 Å². The summed E-state index contributed by atoms with van der Waals surface area (Å²) in [6.07, 6.45) is 0. The number of thiol groups is 1. The monoisotopic (exact) mass is 389 g/mol. The molecule has 0 unspecified atom stereocenters. The van der Waals surface area contributed by atoms with Gasteiger partial charge >= 0.3 is 0 Å². The Morgan fingerprint density at radius 1 is 1.25 bits per heavy atom. The molecule has 0 heterocycles. The van der Waals surface area contributed by atoms with Gasteiger partial charge in [0.15, 0.2) is 0 Å². The average Bonchev–Trinajstić information content (AvgIpc) is 2.41. The Labute approximate surface area is 141 Å². The van der Waals surface area contributed by atoms with Crippen LogP contribution < -0.4 is 5.32 Å². The van der Waals surface area contributed by atoms with Gasteiger partial charge in [0.2, 0.25) is 0 Å². The fourth-order valence-electron chi connectivity index (χ4n) is 1.64. The van der Waals surface area contributed by atoms with E-state index in [-0.39, 0.29) is 5.91 Å². The lowest BCUT2D eigenvalue weighted by atomic mass is 10.2. The molecule has 1 N–H and O–H groups in total. The standard InChI is InChI=1S/C14H10BrCl2NOS/c1-7-2-5-11(16)13(12(7)17)18-14(19)9-6-8(20)3-4-10(9)15/h2-6,20H,1H3,(H,18,19). The molecule has 0 radical (unpaired) electrons. The lowest BCUT2D eigenvalue weighted by Gasteiger charge is -2.12. The second-order valence-corrected chi connectivity index (χ2v) is 6.33. The van der Waals surface area contributed by atoms with Crippen molar-refractivity contribution >= 4 is 63.4 Å². The molecule has 2 nitrogen and oxygen atoms in total. The third kappa shape index (κ3) is 3.31. The van der Waals surface area contributed by atoms with Crippen LogP contribution in [0.2, 0.25) is 10.0 Å². The van der Waals surface area contributed by atoms with Gasteiger partial charge in [0.25, 0.3) is 5.91 Å². The van der Waals surface area contributed by atoms with Gasteiger partial charge in [-0.05, 0) is 52.7 Å². The molecule has 0 fully saturated rings. The molecule has 0 spiro atoms. The highest BCUT2D eigenvalue weighted by molar-refractivity contribution is 9.10. The summed E-state index contributed by atoms with van der Waals surface area (Å²) in [5, 5.41) is 3.57. The number of benzene rings is 2. The van der Waals surface area contributed by atoms with Gasteiger partial charge in [0.1, 0.15) is 0 Å². The number of amides is 1. The third-order valence-corrected chi connectivity index (χ3v) is 4.49. The van der Waals surface area contributed by atoms with Crippen molar-refractivity contribution < 1.29 is 4.79 Å². The minimum Gasteiger partial charge on any atom is -0.319 e. The third-order valence-electron chi connectivity index (χ3n) is 2.72. The van der Waals surface area contributed by atoms with Crippen LogP contribution in [0.4, 0.5) is 5.69 Å². The number of aryl methyl sites for hydroxylation is 1. The summed E-state index contributed by atoms with van der Waals surface area (Å²) >= 11 is 19.8. The molecule has 2 aromatic rings. The summed E-state index contributed by atoms with van der Waals surface area (Å²) in [6, 6.07) is 8.71. The Balaban J connectivity index is 2.38. The Kier molecular flexibility index (Phi) is 5.02. The van der Waals surface area contributed by atoms with Crippen molar-refractivity contribution in [3.63, 3.8) is 0 Å². The maximum absolute atomic E-state index is 12.3. The normalized spacial score (nSPS) is 10.4. The number of hydrogen-bond donors (Lipinski definition) is 2. The predicted molar refractivity (Wildman–Crippen MR) is 90.5 cm³/mol. The SMILES string of the molecule is Cc1ccc(Cl)c(NC(=O)c2cc(S)ccc2Br)c1Cl. The van der Waals surface area contributed by atoms with E-state index in [1.807, 2.05) is 6.92 Å². The van der Waals surface area contributed by atoms with Crippen LogP contribution in [0.5, 0.6) is 0 Å². The predicted octanol–water partition coefficient (Wildman–Crippen LogP) is 5.61. The second kappa shape index (κ2) is 6.39. The summed E-state index contributed by atoms with van der Waals surface area (Å²) in [7, 11) is 0. The quantitative estimate of drug-likeness (QED) is 0.641. The number of rotatable bonds is 2. The van der Waals surface area contributed by atoms with Gasteiger partial charge in [-0.25, -0.2) is 0 Å². The first-order chi connectivity index (χ1) is 9.40. The molecule has 0 saturated heterocycles. The zero-order valence-electron chi connectivity index (χ0n) is 10.4. The van der Waals surface area contributed by atoms with Crippen LogP contribution in [-0.2, 0) is 0 Å². The Hall–Kier alpha value is -0.680. The van der Waals surface area contributed by atoms with Crippen LogP contribution in [-0.4, -0.2) is 5.91 Å².